The van der Waals surface area contributed by atoms with Crippen molar-refractivity contribution >= 4 is 35.7 Å². The number of ether oxygens (including phenoxy) is 2. The standard InChI is InChI=1S/C29H34N2O7S/c1-28(2,3)38-24(32)14-22(25(33)31-23(26(34)35)16-39-29(31,4)5)30-27(36)37-15-21-19-12-8-6-10-17(19)18-11-7-9-13-20(18)21/h6-13,21-23H,14-16H2,1-5H3,(H,30,36)(H,34,35)/t22-,23-/m0/s1. The van der Waals surface area contributed by atoms with E-state index < -0.39 is 52.9 Å². The topological polar surface area (TPSA) is 122 Å². The summed E-state index contributed by atoms with van der Waals surface area (Å²) in [5, 5.41) is 12.2. The van der Waals surface area contributed by atoms with Crippen LogP contribution in [0.15, 0.2) is 48.5 Å². The molecule has 0 bridgehead atoms. The molecule has 1 saturated heterocycles. The summed E-state index contributed by atoms with van der Waals surface area (Å²) >= 11 is 1.32. The van der Waals surface area contributed by atoms with E-state index in [9.17, 15) is 24.3 Å². The van der Waals surface area contributed by atoms with Gasteiger partial charge in [0, 0.05) is 11.7 Å². The van der Waals surface area contributed by atoms with Crippen molar-refractivity contribution in [3.05, 3.63) is 59.7 Å². The van der Waals surface area contributed by atoms with E-state index in [1.807, 2.05) is 48.5 Å². The molecule has 2 aromatic rings. The summed E-state index contributed by atoms with van der Waals surface area (Å²) in [4.78, 5) is 51.6. The molecule has 10 heteroatoms. The summed E-state index contributed by atoms with van der Waals surface area (Å²) in [6.45, 7) is 8.58. The highest BCUT2D eigenvalue weighted by Crippen LogP contribution is 2.44. The number of nitrogens with one attached hydrogen (secondary N) is 1. The van der Waals surface area contributed by atoms with Crippen LogP contribution in [0, 0.1) is 0 Å². The number of hydrogen-bond acceptors (Lipinski definition) is 7. The maximum absolute atomic E-state index is 13.7. The second-order valence-corrected chi connectivity index (χ2v) is 12.8. The number of carboxylic acids is 1. The molecule has 4 rings (SSSR count). The van der Waals surface area contributed by atoms with E-state index in [0.717, 1.165) is 22.3 Å². The van der Waals surface area contributed by atoms with Crippen LogP contribution in [-0.2, 0) is 23.9 Å². The lowest BCUT2D eigenvalue weighted by atomic mass is 9.98. The van der Waals surface area contributed by atoms with Gasteiger partial charge in [-0.15, -0.1) is 11.8 Å². The summed E-state index contributed by atoms with van der Waals surface area (Å²) in [6, 6.07) is 13.4. The number of aliphatic carboxylic acids is 1. The lowest BCUT2D eigenvalue weighted by Crippen LogP contribution is -2.57. The fraction of sp³-hybridized carbons (Fsp3) is 0.448. The number of hydrogen-bond donors (Lipinski definition) is 2. The number of amides is 2. The van der Waals surface area contributed by atoms with E-state index in [-0.39, 0.29) is 18.3 Å². The number of nitrogens with zero attached hydrogens (tertiary/aromatic N) is 1. The van der Waals surface area contributed by atoms with Gasteiger partial charge in [-0.25, -0.2) is 9.59 Å². The predicted molar refractivity (Wildman–Crippen MR) is 147 cm³/mol. The van der Waals surface area contributed by atoms with Crippen LogP contribution in [-0.4, -0.2) is 68.9 Å². The lowest BCUT2D eigenvalue weighted by Gasteiger charge is -2.36. The highest BCUT2D eigenvalue weighted by atomic mass is 32.2. The quantitative estimate of drug-likeness (QED) is 0.484. The van der Waals surface area contributed by atoms with Gasteiger partial charge in [-0.1, -0.05) is 48.5 Å². The Kier molecular flexibility index (Phi) is 7.97. The first kappa shape index (κ1) is 28.5. The molecule has 1 fully saturated rings. The van der Waals surface area contributed by atoms with Crippen LogP contribution < -0.4 is 5.32 Å². The minimum absolute atomic E-state index is 0.0238. The molecular weight excluding hydrogens is 520 g/mol. The van der Waals surface area contributed by atoms with Gasteiger partial charge in [0.2, 0.25) is 5.91 Å². The first-order chi connectivity index (χ1) is 18.3. The fourth-order valence-corrected chi connectivity index (χ4v) is 6.32. The molecule has 9 nitrogen and oxygen atoms in total. The Morgan fingerprint density at radius 2 is 1.62 bits per heavy atom. The molecular formula is C29H34N2O7S. The van der Waals surface area contributed by atoms with Gasteiger partial charge in [0.05, 0.1) is 11.3 Å². The first-order valence-corrected chi connectivity index (χ1v) is 13.8. The molecule has 2 amide bonds. The Labute approximate surface area is 232 Å². The minimum Gasteiger partial charge on any atom is -0.480 e. The molecule has 2 aliphatic rings. The Hall–Kier alpha value is -3.53. The molecule has 0 spiro atoms. The molecule has 0 unspecified atom stereocenters. The van der Waals surface area contributed by atoms with Gasteiger partial charge in [0.1, 0.15) is 24.3 Å². The Morgan fingerprint density at radius 3 is 2.15 bits per heavy atom. The van der Waals surface area contributed by atoms with Crippen LogP contribution in [0.25, 0.3) is 11.1 Å². The highest BCUT2D eigenvalue weighted by molar-refractivity contribution is 8.00. The number of thioether (sulfide) groups is 1. The zero-order valence-corrected chi connectivity index (χ0v) is 23.5. The van der Waals surface area contributed by atoms with Crippen molar-refractivity contribution in [2.24, 2.45) is 0 Å². The summed E-state index contributed by atoms with van der Waals surface area (Å²) in [6.07, 6.45) is -1.35. The van der Waals surface area contributed by atoms with Gasteiger partial charge in [-0.05, 0) is 56.9 Å². The maximum atomic E-state index is 13.7. The number of carboxylic acid groups (broad SMARTS) is 1. The largest absolute Gasteiger partial charge is 0.480 e. The number of fused-ring (bicyclic) bond motifs is 3. The van der Waals surface area contributed by atoms with Gasteiger partial charge in [0.15, 0.2) is 0 Å². The highest BCUT2D eigenvalue weighted by Gasteiger charge is 2.49. The number of benzene rings is 2. The number of carbonyl (C=O) groups excluding carboxylic acids is 3. The van der Waals surface area contributed by atoms with Crippen LogP contribution in [0.2, 0.25) is 0 Å². The molecule has 2 atom stereocenters. The van der Waals surface area contributed by atoms with Crippen LogP contribution in [0.3, 0.4) is 0 Å². The second kappa shape index (κ2) is 10.9. The van der Waals surface area contributed by atoms with Gasteiger partial charge in [0.25, 0.3) is 0 Å². The molecule has 0 aromatic heterocycles. The van der Waals surface area contributed by atoms with Crippen LogP contribution in [0.5, 0.6) is 0 Å². The molecule has 0 radical (unpaired) electrons. The fourth-order valence-electron chi connectivity index (χ4n) is 5.10. The molecule has 2 aromatic carbocycles. The van der Waals surface area contributed by atoms with Gasteiger partial charge >= 0.3 is 18.0 Å². The normalized spacial score (nSPS) is 18.6. The molecule has 1 aliphatic carbocycles. The monoisotopic (exact) mass is 554 g/mol. The van der Waals surface area contributed by atoms with Gasteiger partial charge in [-0.3, -0.25) is 9.59 Å². The van der Waals surface area contributed by atoms with Gasteiger partial charge in [-0.2, -0.15) is 0 Å². The summed E-state index contributed by atoms with van der Waals surface area (Å²) in [5.41, 5.74) is 3.42. The smallest absolute Gasteiger partial charge is 0.407 e. The van der Waals surface area contributed by atoms with E-state index in [4.69, 9.17) is 9.47 Å². The number of carbonyl (C=O) groups is 4. The zero-order chi connectivity index (χ0) is 28.5. The Balaban J connectivity index is 1.52. The second-order valence-electron chi connectivity index (χ2n) is 11.1. The van der Waals surface area contributed by atoms with E-state index in [1.54, 1.807) is 34.6 Å². The number of alkyl carbamates (subject to hydrolysis) is 1. The van der Waals surface area contributed by atoms with Crippen molar-refractivity contribution in [2.45, 2.75) is 69.5 Å². The average Bonchev–Trinajstić information content (AvgIpc) is 3.34. The average molecular weight is 555 g/mol. The molecule has 208 valence electrons. The predicted octanol–water partition coefficient (Wildman–Crippen LogP) is 4.39. The van der Waals surface area contributed by atoms with Crippen molar-refractivity contribution in [2.75, 3.05) is 12.4 Å². The van der Waals surface area contributed by atoms with Crippen molar-refractivity contribution < 1.29 is 33.8 Å². The third-order valence-corrected chi connectivity index (χ3v) is 8.12. The Bertz CT molecular complexity index is 1240. The molecule has 1 aliphatic heterocycles. The number of esters is 1. The Morgan fingerprint density at radius 1 is 1.05 bits per heavy atom. The minimum atomic E-state index is -1.37. The van der Waals surface area contributed by atoms with Crippen LogP contribution >= 0.6 is 11.8 Å². The molecule has 39 heavy (non-hydrogen) atoms. The SMILES string of the molecule is CC(C)(C)OC(=O)C[C@H](NC(=O)OCC1c2ccccc2-c2ccccc21)C(=O)N1[C@H](C(=O)O)CSC1(C)C. The van der Waals surface area contributed by atoms with Crippen LogP contribution in [0.1, 0.15) is 58.1 Å². The third kappa shape index (κ3) is 6.21. The summed E-state index contributed by atoms with van der Waals surface area (Å²) < 4.78 is 11.0. The summed E-state index contributed by atoms with van der Waals surface area (Å²) in [7, 11) is 0. The van der Waals surface area contributed by atoms with E-state index >= 15 is 0 Å². The third-order valence-electron chi connectivity index (χ3n) is 6.73. The zero-order valence-electron chi connectivity index (χ0n) is 22.7. The van der Waals surface area contributed by atoms with E-state index in [0.29, 0.717) is 0 Å². The van der Waals surface area contributed by atoms with Crippen molar-refractivity contribution in [3.63, 3.8) is 0 Å². The lowest BCUT2D eigenvalue weighted by molar-refractivity contribution is -0.158. The van der Waals surface area contributed by atoms with E-state index in [2.05, 4.69) is 5.32 Å². The van der Waals surface area contributed by atoms with Crippen molar-refractivity contribution in [1.82, 2.24) is 10.2 Å². The maximum Gasteiger partial charge on any atom is 0.407 e. The first-order valence-electron chi connectivity index (χ1n) is 12.8. The molecule has 0 saturated carbocycles. The summed E-state index contributed by atoms with van der Waals surface area (Å²) in [5.74, 6) is -2.53. The van der Waals surface area contributed by atoms with E-state index in [1.165, 1.54) is 16.7 Å². The van der Waals surface area contributed by atoms with Gasteiger partial charge < -0.3 is 24.8 Å². The molecule has 2 N–H and O–H groups in total. The number of rotatable bonds is 7. The van der Waals surface area contributed by atoms with Crippen molar-refractivity contribution in [3.8, 4) is 11.1 Å². The van der Waals surface area contributed by atoms with Crippen LogP contribution in [0.4, 0.5) is 4.79 Å². The van der Waals surface area contributed by atoms with Crippen molar-refractivity contribution in [1.29, 1.82) is 0 Å². The molecule has 1 heterocycles.